The molecule has 0 bridgehead atoms. The number of nitrogens with two attached hydrogens (primary N) is 1. The van der Waals surface area contributed by atoms with Crippen LogP contribution in [-0.4, -0.2) is 26.9 Å². The highest BCUT2D eigenvalue weighted by molar-refractivity contribution is 6.08. The van der Waals surface area contributed by atoms with E-state index in [-0.39, 0.29) is 53.2 Å². The number of nitro groups is 1. The number of anilines is 2. The Kier molecular flexibility index (Phi) is 6.81. The molecular formula is C20H27N5O5. The first kappa shape index (κ1) is 22.9. The number of aromatic amines is 1. The molecule has 1 heterocycles. The van der Waals surface area contributed by atoms with Crippen LogP contribution in [0.5, 0.6) is 0 Å². The van der Waals surface area contributed by atoms with Crippen molar-refractivity contribution in [3.63, 3.8) is 0 Å². The third-order valence-electron chi connectivity index (χ3n) is 4.56. The van der Waals surface area contributed by atoms with Crippen LogP contribution in [0.2, 0.25) is 0 Å². The molecule has 162 valence electrons. The van der Waals surface area contributed by atoms with E-state index < -0.39 is 22.1 Å². The van der Waals surface area contributed by atoms with Crippen molar-refractivity contribution < 1.29 is 9.72 Å². The quantitative estimate of drug-likeness (QED) is 0.522. The van der Waals surface area contributed by atoms with Gasteiger partial charge in [0.2, 0.25) is 0 Å². The van der Waals surface area contributed by atoms with Crippen LogP contribution in [0.4, 0.5) is 17.2 Å². The lowest BCUT2D eigenvalue weighted by molar-refractivity contribution is -0.385. The van der Waals surface area contributed by atoms with Gasteiger partial charge in [0.25, 0.3) is 17.2 Å². The summed E-state index contributed by atoms with van der Waals surface area (Å²) in [6, 6.07) is 4.19. The largest absolute Gasteiger partial charge is 0.383 e. The highest BCUT2D eigenvalue weighted by atomic mass is 16.6. The monoisotopic (exact) mass is 417 g/mol. The molecule has 0 radical (unpaired) electrons. The maximum absolute atomic E-state index is 13.4. The Bertz CT molecular complexity index is 1080. The van der Waals surface area contributed by atoms with Crippen molar-refractivity contribution in [1.82, 2.24) is 9.55 Å². The molecule has 30 heavy (non-hydrogen) atoms. The molecule has 2 aromatic rings. The minimum Gasteiger partial charge on any atom is -0.383 e. The van der Waals surface area contributed by atoms with Crippen molar-refractivity contribution in [2.75, 3.05) is 17.2 Å². The second-order valence-corrected chi connectivity index (χ2v) is 8.01. The van der Waals surface area contributed by atoms with Crippen LogP contribution in [0.1, 0.15) is 43.6 Å². The molecule has 10 heteroatoms. The van der Waals surface area contributed by atoms with E-state index in [1.165, 1.54) is 34.6 Å². The number of H-pyrrole nitrogens is 1. The molecule has 0 aliphatic rings. The second kappa shape index (κ2) is 8.93. The van der Waals surface area contributed by atoms with Gasteiger partial charge in [-0.25, -0.2) is 4.79 Å². The van der Waals surface area contributed by atoms with Gasteiger partial charge in [0.15, 0.2) is 5.69 Å². The maximum atomic E-state index is 13.4. The first-order chi connectivity index (χ1) is 14.0. The fourth-order valence-electron chi connectivity index (χ4n) is 3.22. The van der Waals surface area contributed by atoms with Crippen LogP contribution < -0.4 is 21.9 Å². The Labute approximate surface area is 173 Å². The molecule has 0 saturated heterocycles. The normalized spacial score (nSPS) is 11.2. The molecule has 1 amide bonds. The maximum Gasteiger partial charge on any atom is 0.330 e. The third kappa shape index (κ3) is 4.58. The number of hydrogen-bond acceptors (Lipinski definition) is 6. The number of rotatable bonds is 7. The lowest BCUT2D eigenvalue weighted by Gasteiger charge is -2.27. The zero-order valence-corrected chi connectivity index (χ0v) is 17.8. The van der Waals surface area contributed by atoms with Gasteiger partial charge in [-0.15, -0.1) is 0 Å². The average Bonchev–Trinajstić information content (AvgIpc) is 2.63. The first-order valence-electron chi connectivity index (χ1n) is 9.64. The number of aromatic nitrogens is 2. The Morgan fingerprint density at radius 1 is 1.23 bits per heavy atom. The summed E-state index contributed by atoms with van der Waals surface area (Å²) < 4.78 is 1.22. The summed E-state index contributed by atoms with van der Waals surface area (Å²) in [5, 5.41) is 11.3. The van der Waals surface area contributed by atoms with Crippen LogP contribution in [0.3, 0.4) is 0 Å². The van der Waals surface area contributed by atoms with Crippen LogP contribution in [0.15, 0.2) is 27.8 Å². The lowest BCUT2D eigenvalue weighted by Crippen LogP contribution is -2.43. The van der Waals surface area contributed by atoms with Crippen molar-refractivity contribution in [3.8, 4) is 0 Å². The first-order valence-corrected chi connectivity index (χ1v) is 9.64. The van der Waals surface area contributed by atoms with Crippen LogP contribution in [-0.2, 0) is 6.54 Å². The fourth-order valence-corrected chi connectivity index (χ4v) is 3.22. The van der Waals surface area contributed by atoms with Gasteiger partial charge < -0.3 is 10.6 Å². The molecule has 3 N–H and O–H groups in total. The van der Waals surface area contributed by atoms with E-state index in [1.54, 1.807) is 0 Å². The fraction of sp³-hybridized carbons (Fsp3) is 0.450. The predicted octanol–water partition coefficient (Wildman–Crippen LogP) is 2.29. The number of nitrogens with one attached hydrogen (secondary N) is 1. The van der Waals surface area contributed by atoms with Gasteiger partial charge >= 0.3 is 5.69 Å². The zero-order chi connectivity index (χ0) is 22.7. The molecule has 2 rings (SSSR count). The highest BCUT2D eigenvalue weighted by Gasteiger charge is 2.28. The number of nitrogen functional groups attached to an aromatic ring is 1. The lowest BCUT2D eigenvalue weighted by atomic mass is 10.0. The summed E-state index contributed by atoms with van der Waals surface area (Å²) in [6.45, 7) is 9.36. The van der Waals surface area contributed by atoms with Crippen molar-refractivity contribution >= 4 is 23.1 Å². The Balaban J connectivity index is 2.72. The number of benzene rings is 1. The van der Waals surface area contributed by atoms with Gasteiger partial charge in [-0.1, -0.05) is 33.8 Å². The van der Waals surface area contributed by atoms with Crippen LogP contribution >= 0.6 is 0 Å². The molecule has 1 aromatic carbocycles. The van der Waals surface area contributed by atoms with E-state index in [9.17, 15) is 24.5 Å². The summed E-state index contributed by atoms with van der Waals surface area (Å²) in [5.74, 6) is -0.694. The van der Waals surface area contributed by atoms with E-state index in [2.05, 4.69) is 4.98 Å². The molecule has 0 fully saturated rings. The third-order valence-corrected chi connectivity index (χ3v) is 4.56. The van der Waals surface area contributed by atoms with Crippen LogP contribution in [0.25, 0.3) is 0 Å². The number of nitro benzene ring substituents is 1. The highest BCUT2D eigenvalue weighted by Crippen LogP contribution is 2.26. The van der Waals surface area contributed by atoms with E-state index in [0.717, 1.165) is 0 Å². The molecule has 1 aromatic heterocycles. The Hall–Kier alpha value is -3.43. The van der Waals surface area contributed by atoms with Gasteiger partial charge in [-0.3, -0.25) is 29.3 Å². The SMILES string of the molecule is Cc1c(C(=O)N(CC(C)C)c2c(N)n(CC(C)C)c(=O)[nH]c2=O)cccc1[N+](=O)[O-]. The Morgan fingerprint density at radius 2 is 1.87 bits per heavy atom. The van der Waals surface area contributed by atoms with E-state index >= 15 is 0 Å². The van der Waals surface area contributed by atoms with Crippen molar-refractivity contribution in [2.45, 2.75) is 41.2 Å². The van der Waals surface area contributed by atoms with E-state index in [0.29, 0.717) is 0 Å². The number of amides is 1. The standard InChI is InChI=1S/C20H27N5O5/c1-11(2)9-23(19(27)14-7-6-8-15(13(14)5)25(29)30)16-17(21)24(10-12(3)4)20(28)22-18(16)26/h6-8,11-12H,9-10,21H2,1-5H3,(H,22,26,28). The zero-order valence-electron chi connectivity index (χ0n) is 17.8. The predicted molar refractivity (Wildman–Crippen MR) is 115 cm³/mol. The summed E-state index contributed by atoms with van der Waals surface area (Å²) in [5.41, 5.74) is 4.68. The molecule has 0 atom stereocenters. The molecule has 0 spiro atoms. The molecular weight excluding hydrogens is 390 g/mol. The van der Waals surface area contributed by atoms with E-state index in [1.807, 2.05) is 27.7 Å². The molecule has 0 unspecified atom stereocenters. The topological polar surface area (TPSA) is 144 Å². The van der Waals surface area contributed by atoms with Crippen molar-refractivity contribution in [1.29, 1.82) is 0 Å². The number of carbonyl (C=O) groups is 1. The van der Waals surface area contributed by atoms with Gasteiger partial charge in [0.05, 0.1) is 4.92 Å². The summed E-state index contributed by atoms with van der Waals surface area (Å²) in [7, 11) is 0. The minimum absolute atomic E-state index is 0.0442. The number of nitrogens with zero attached hydrogens (tertiary/aromatic N) is 3. The number of hydrogen-bond donors (Lipinski definition) is 2. The molecule has 0 saturated carbocycles. The Morgan fingerprint density at radius 3 is 2.40 bits per heavy atom. The number of carbonyl (C=O) groups excluding carboxylic acids is 1. The van der Waals surface area contributed by atoms with Gasteiger partial charge in [-0.05, 0) is 24.8 Å². The smallest absolute Gasteiger partial charge is 0.330 e. The van der Waals surface area contributed by atoms with Crippen LogP contribution in [0, 0.1) is 28.9 Å². The summed E-state index contributed by atoms with van der Waals surface area (Å²) in [4.78, 5) is 52.5. The van der Waals surface area contributed by atoms with E-state index in [4.69, 9.17) is 5.73 Å². The molecule has 0 aliphatic carbocycles. The summed E-state index contributed by atoms with van der Waals surface area (Å²) >= 11 is 0. The minimum atomic E-state index is -0.783. The van der Waals surface area contributed by atoms with Gasteiger partial charge in [0, 0.05) is 30.3 Å². The van der Waals surface area contributed by atoms with Gasteiger partial charge in [-0.2, -0.15) is 0 Å². The van der Waals surface area contributed by atoms with Gasteiger partial charge in [0.1, 0.15) is 5.82 Å². The summed E-state index contributed by atoms with van der Waals surface area (Å²) in [6.07, 6.45) is 0. The second-order valence-electron chi connectivity index (χ2n) is 8.01. The molecule has 0 aliphatic heterocycles. The molecule has 10 nitrogen and oxygen atoms in total. The van der Waals surface area contributed by atoms with Crippen molar-refractivity contribution in [2.24, 2.45) is 11.8 Å². The van der Waals surface area contributed by atoms with Crippen molar-refractivity contribution in [3.05, 3.63) is 60.3 Å². The average molecular weight is 417 g/mol.